The van der Waals surface area contributed by atoms with Gasteiger partial charge in [-0.05, 0) is 94.8 Å². The monoisotopic (exact) mass is 789 g/mol. The van der Waals surface area contributed by atoms with Gasteiger partial charge in [0.15, 0.2) is 24.5 Å². The summed E-state index contributed by atoms with van der Waals surface area (Å²) in [6, 6.07) is -0.839. The van der Waals surface area contributed by atoms with Gasteiger partial charge in [0.05, 0.1) is 35.9 Å². The van der Waals surface area contributed by atoms with Crippen molar-refractivity contribution >= 4 is 17.7 Å². The molecule has 3 heterocycles. The lowest BCUT2D eigenvalue weighted by Gasteiger charge is -2.48. The SMILES string of the molecule is CC[C@@H]1OC(=O)[C@H](C)[C@H](O[C@H]2C[C@@](C)(OC)C(=O)[C@H](C)O2)[C@H](C)[C@@H](O[C@@H]2O[C@H](C)C[C@H](N(C)C)[C@H]2OC(C)=O)[C@@](C)(O)C[C@@H](C)CN(C)[C@@H](C)[C@@H](O)[C@]1(C)O. The highest BCUT2D eigenvalue weighted by atomic mass is 16.7. The van der Waals surface area contributed by atoms with Crippen LogP contribution in [0.25, 0.3) is 0 Å². The number of likely N-dealkylation sites (N-methyl/N-ethyl adjacent to an activating group) is 2. The van der Waals surface area contributed by atoms with Gasteiger partial charge in [0.2, 0.25) is 0 Å². The fourth-order valence-corrected chi connectivity index (χ4v) is 8.90. The Labute approximate surface area is 328 Å². The van der Waals surface area contributed by atoms with Crippen molar-refractivity contribution in [2.24, 2.45) is 17.8 Å². The van der Waals surface area contributed by atoms with Gasteiger partial charge in [-0.25, -0.2) is 0 Å². The first kappa shape index (κ1) is 47.6. The minimum absolute atomic E-state index is 0.0155. The van der Waals surface area contributed by atoms with Crippen LogP contribution in [0.5, 0.6) is 0 Å². The lowest BCUT2D eigenvalue weighted by atomic mass is 9.77. The van der Waals surface area contributed by atoms with Gasteiger partial charge in [0.25, 0.3) is 0 Å². The second-order valence-electron chi connectivity index (χ2n) is 17.5. The van der Waals surface area contributed by atoms with E-state index in [2.05, 4.69) is 0 Å². The van der Waals surface area contributed by atoms with Crippen LogP contribution in [-0.2, 0) is 47.5 Å². The van der Waals surface area contributed by atoms with Crippen molar-refractivity contribution in [1.82, 2.24) is 9.80 Å². The van der Waals surface area contributed by atoms with Crippen LogP contribution >= 0.6 is 0 Å². The number of rotatable bonds is 8. The molecule has 0 aromatic rings. The molecule has 15 heteroatoms. The average molecular weight is 789 g/mol. The smallest absolute Gasteiger partial charge is 0.311 e. The fourth-order valence-electron chi connectivity index (χ4n) is 8.90. The highest BCUT2D eigenvalue weighted by molar-refractivity contribution is 5.91. The van der Waals surface area contributed by atoms with Crippen molar-refractivity contribution in [3.05, 3.63) is 0 Å². The van der Waals surface area contributed by atoms with Gasteiger partial charge in [-0.2, -0.15) is 0 Å². The van der Waals surface area contributed by atoms with Crippen molar-refractivity contribution in [2.45, 2.75) is 186 Å². The molecule has 0 spiro atoms. The molecule has 0 aliphatic carbocycles. The molecule has 0 saturated carbocycles. The first-order valence-electron chi connectivity index (χ1n) is 19.9. The second kappa shape index (κ2) is 18.9. The Morgan fingerprint density at radius 1 is 0.982 bits per heavy atom. The van der Waals surface area contributed by atoms with E-state index in [0.717, 1.165) is 0 Å². The maximum Gasteiger partial charge on any atom is 0.311 e. The van der Waals surface area contributed by atoms with Crippen LogP contribution in [0.3, 0.4) is 0 Å². The minimum Gasteiger partial charge on any atom is -0.459 e. The molecule has 3 rings (SSSR count). The van der Waals surface area contributed by atoms with Crippen LogP contribution in [0.15, 0.2) is 0 Å². The molecule has 0 aromatic heterocycles. The van der Waals surface area contributed by atoms with E-state index in [1.54, 1.807) is 48.5 Å². The van der Waals surface area contributed by atoms with Gasteiger partial charge in [-0.15, -0.1) is 0 Å². The van der Waals surface area contributed by atoms with E-state index < -0.39 is 95.8 Å². The second-order valence-corrected chi connectivity index (χ2v) is 17.5. The minimum atomic E-state index is -1.83. The molecule has 3 aliphatic heterocycles. The van der Waals surface area contributed by atoms with Gasteiger partial charge >= 0.3 is 11.9 Å². The third-order valence-corrected chi connectivity index (χ3v) is 12.3. The zero-order chi connectivity index (χ0) is 42.0. The molecule has 55 heavy (non-hydrogen) atoms. The summed E-state index contributed by atoms with van der Waals surface area (Å²) in [6.07, 6.45) is -7.79. The van der Waals surface area contributed by atoms with Gasteiger partial charge in [-0.3, -0.25) is 14.4 Å². The zero-order valence-corrected chi connectivity index (χ0v) is 35.9. The molecule has 0 unspecified atom stereocenters. The largest absolute Gasteiger partial charge is 0.459 e. The van der Waals surface area contributed by atoms with E-state index in [4.69, 9.17) is 33.2 Å². The molecular weight excluding hydrogens is 716 g/mol. The van der Waals surface area contributed by atoms with Crippen molar-refractivity contribution < 1.29 is 62.9 Å². The summed E-state index contributed by atoms with van der Waals surface area (Å²) in [5.41, 5.74) is -4.67. The Balaban J connectivity index is 2.23. The Kier molecular flexibility index (Phi) is 16.3. The van der Waals surface area contributed by atoms with E-state index >= 15 is 0 Å². The maximum absolute atomic E-state index is 14.3. The number of ketones is 1. The molecule has 3 saturated heterocycles. The predicted octanol–water partition coefficient (Wildman–Crippen LogP) is 2.68. The first-order chi connectivity index (χ1) is 25.3. The van der Waals surface area contributed by atoms with Crippen molar-refractivity contribution in [2.75, 3.05) is 34.8 Å². The predicted molar refractivity (Wildman–Crippen MR) is 203 cm³/mol. The van der Waals surface area contributed by atoms with E-state index in [9.17, 15) is 29.7 Å². The number of Topliss-reactive ketones (excluding diaryl/α,β-unsaturated/α-hetero) is 1. The number of nitrogens with zero attached hydrogens (tertiary/aromatic N) is 2. The number of aliphatic hydroxyl groups excluding tert-OH is 1. The number of aliphatic hydroxyl groups is 3. The highest BCUT2D eigenvalue weighted by Gasteiger charge is 2.53. The Hall–Kier alpha value is -1.79. The molecule has 15 nitrogen and oxygen atoms in total. The third-order valence-electron chi connectivity index (χ3n) is 12.3. The number of esters is 2. The quantitative estimate of drug-likeness (QED) is 0.305. The van der Waals surface area contributed by atoms with Gasteiger partial charge < -0.3 is 58.3 Å². The third kappa shape index (κ3) is 11.0. The van der Waals surface area contributed by atoms with Gasteiger partial charge in [0.1, 0.15) is 29.5 Å². The summed E-state index contributed by atoms with van der Waals surface area (Å²) >= 11 is 0. The fraction of sp³-hybridized carbons (Fsp3) is 0.925. The molecule has 3 fully saturated rings. The molecule has 3 N–H and O–H groups in total. The van der Waals surface area contributed by atoms with Crippen LogP contribution in [-0.4, -0.2) is 162 Å². The summed E-state index contributed by atoms with van der Waals surface area (Å²) in [6.45, 7) is 19.0. The summed E-state index contributed by atoms with van der Waals surface area (Å²) in [5, 5.41) is 35.9. The lowest BCUT2D eigenvalue weighted by molar-refractivity contribution is -0.309. The van der Waals surface area contributed by atoms with Gasteiger partial charge in [0, 0.05) is 39.0 Å². The highest BCUT2D eigenvalue weighted by Crippen LogP contribution is 2.40. The molecule has 0 bridgehead atoms. The number of hydrogen-bond acceptors (Lipinski definition) is 15. The molecule has 0 radical (unpaired) electrons. The van der Waals surface area contributed by atoms with Gasteiger partial charge in [-0.1, -0.05) is 20.8 Å². The van der Waals surface area contributed by atoms with Crippen LogP contribution in [0.1, 0.15) is 102 Å². The number of carbonyl (C=O) groups is 3. The van der Waals surface area contributed by atoms with E-state index in [-0.39, 0.29) is 43.1 Å². The van der Waals surface area contributed by atoms with E-state index in [1.165, 1.54) is 21.0 Å². The number of cyclic esters (lactones) is 1. The van der Waals surface area contributed by atoms with Crippen molar-refractivity contribution in [3.8, 4) is 0 Å². The maximum atomic E-state index is 14.3. The number of carbonyl (C=O) groups excluding carboxylic acids is 3. The number of methoxy groups -OCH3 is 1. The average Bonchev–Trinajstić information content (AvgIpc) is 3.08. The Bertz CT molecular complexity index is 1300. The van der Waals surface area contributed by atoms with Crippen LogP contribution in [0.2, 0.25) is 0 Å². The molecule has 3 aliphatic rings. The Morgan fingerprint density at radius 2 is 1.60 bits per heavy atom. The summed E-state index contributed by atoms with van der Waals surface area (Å²) in [7, 11) is 7.04. The molecule has 0 aromatic carbocycles. The molecule has 0 amide bonds. The van der Waals surface area contributed by atoms with Crippen LogP contribution < -0.4 is 0 Å². The normalized spacial score (nSPS) is 46.1. The zero-order valence-electron chi connectivity index (χ0n) is 35.9. The van der Waals surface area contributed by atoms with Crippen LogP contribution in [0, 0.1) is 17.8 Å². The first-order valence-corrected chi connectivity index (χ1v) is 19.9. The van der Waals surface area contributed by atoms with E-state index in [1.807, 2.05) is 44.8 Å². The summed E-state index contributed by atoms with van der Waals surface area (Å²) in [5.74, 6) is -3.54. The number of ether oxygens (including phenoxy) is 7. The topological polar surface area (TPSA) is 183 Å². The summed E-state index contributed by atoms with van der Waals surface area (Å²) in [4.78, 5) is 43.7. The number of hydrogen-bond donors (Lipinski definition) is 3. The van der Waals surface area contributed by atoms with Crippen LogP contribution in [0.4, 0.5) is 0 Å². The molecular formula is C40H72N2O13. The van der Waals surface area contributed by atoms with E-state index in [0.29, 0.717) is 13.0 Å². The molecule has 320 valence electrons. The lowest BCUT2D eigenvalue weighted by Crippen LogP contribution is -2.60. The Morgan fingerprint density at radius 3 is 2.15 bits per heavy atom. The standard InChI is InChI=1S/C40H72N2O13/c1-16-29-40(11,48)33(44)25(6)42(14)20-21(2)18-38(9,47)35(55-37-32(52-27(8)43)28(41(12)13)17-22(3)50-37)23(4)31(24(5)36(46)53-29)54-30-19-39(10,49-15)34(45)26(7)51-30/h21-26,28-33,35,37,44,47-48H,16-20H2,1-15H3/t21-,22-,23+,24-,25+,26+,28+,29+,30+,31-,32-,33-,35-,37+,38+,39-,40-/m1/s1. The summed E-state index contributed by atoms with van der Waals surface area (Å²) < 4.78 is 43.6. The molecule has 17 atom stereocenters. The van der Waals surface area contributed by atoms with Crippen molar-refractivity contribution in [3.63, 3.8) is 0 Å². The van der Waals surface area contributed by atoms with Crippen molar-refractivity contribution in [1.29, 1.82) is 0 Å².